The lowest BCUT2D eigenvalue weighted by molar-refractivity contribution is 0.0651. The van der Waals surface area contributed by atoms with Gasteiger partial charge in [-0.05, 0) is 36.4 Å². The van der Waals surface area contributed by atoms with Gasteiger partial charge in [0, 0.05) is 22.3 Å². The van der Waals surface area contributed by atoms with E-state index in [9.17, 15) is 24.3 Å². The van der Waals surface area contributed by atoms with E-state index in [0.717, 1.165) is 12.1 Å². The summed E-state index contributed by atoms with van der Waals surface area (Å²) in [4.78, 5) is 47.9. The van der Waals surface area contributed by atoms with Crippen molar-refractivity contribution in [2.75, 3.05) is 0 Å². The third-order valence-corrected chi connectivity index (χ3v) is 4.58. The molecule has 1 aliphatic carbocycles. The van der Waals surface area contributed by atoms with Crippen LogP contribution in [0.1, 0.15) is 52.6 Å². The molecule has 3 aromatic carbocycles. The van der Waals surface area contributed by atoms with Gasteiger partial charge in [-0.2, -0.15) is 0 Å². The van der Waals surface area contributed by atoms with Crippen LogP contribution >= 0.6 is 0 Å². The van der Waals surface area contributed by atoms with Gasteiger partial charge < -0.3 is 14.9 Å². The molecule has 1 aliphatic rings. The van der Waals surface area contributed by atoms with Gasteiger partial charge in [0.1, 0.15) is 11.5 Å². The molecule has 0 aliphatic heterocycles. The van der Waals surface area contributed by atoms with Crippen LogP contribution in [-0.4, -0.2) is 33.7 Å². The first-order chi connectivity index (χ1) is 13.9. The van der Waals surface area contributed by atoms with Gasteiger partial charge >= 0.3 is 11.9 Å². The Kier molecular flexibility index (Phi) is 4.20. The van der Waals surface area contributed by atoms with Crippen molar-refractivity contribution in [3.8, 4) is 11.5 Å². The SMILES string of the molecule is O=C(O)c1ccc(Oc2ccc3c(c2)C(=O)c2ccccc2C3=O)cc1C(=O)O. The number of hydrogen-bond acceptors (Lipinski definition) is 5. The molecule has 2 N–H and O–H groups in total. The fourth-order valence-electron chi connectivity index (χ4n) is 3.23. The molecular formula is C22H12O7. The summed E-state index contributed by atoms with van der Waals surface area (Å²) in [6.45, 7) is 0. The molecule has 0 heterocycles. The maximum absolute atomic E-state index is 12.8. The minimum atomic E-state index is -1.41. The smallest absolute Gasteiger partial charge is 0.336 e. The number of ketones is 2. The third kappa shape index (κ3) is 3.04. The van der Waals surface area contributed by atoms with E-state index in [4.69, 9.17) is 9.84 Å². The quantitative estimate of drug-likeness (QED) is 0.548. The number of aromatic carboxylic acids is 2. The van der Waals surface area contributed by atoms with Crippen molar-refractivity contribution in [3.05, 3.63) is 94.0 Å². The van der Waals surface area contributed by atoms with Crippen molar-refractivity contribution in [1.29, 1.82) is 0 Å². The lowest BCUT2D eigenvalue weighted by Gasteiger charge is -2.18. The molecule has 0 radical (unpaired) electrons. The third-order valence-electron chi connectivity index (χ3n) is 4.58. The van der Waals surface area contributed by atoms with Crippen molar-refractivity contribution in [3.63, 3.8) is 0 Å². The van der Waals surface area contributed by atoms with E-state index in [1.165, 1.54) is 24.3 Å². The van der Waals surface area contributed by atoms with E-state index < -0.39 is 17.5 Å². The second-order valence-electron chi connectivity index (χ2n) is 6.33. The lowest BCUT2D eigenvalue weighted by Crippen LogP contribution is -2.20. The van der Waals surface area contributed by atoms with E-state index in [0.29, 0.717) is 11.1 Å². The zero-order valence-corrected chi connectivity index (χ0v) is 14.7. The van der Waals surface area contributed by atoms with Crippen LogP contribution in [-0.2, 0) is 0 Å². The number of hydrogen-bond donors (Lipinski definition) is 2. The van der Waals surface area contributed by atoms with Gasteiger partial charge in [0.2, 0.25) is 0 Å². The van der Waals surface area contributed by atoms with Crippen LogP contribution in [0.2, 0.25) is 0 Å². The van der Waals surface area contributed by atoms with Gasteiger partial charge in [-0.1, -0.05) is 24.3 Å². The number of carbonyl (C=O) groups is 4. The van der Waals surface area contributed by atoms with Crippen LogP contribution < -0.4 is 4.74 Å². The molecule has 3 aromatic rings. The van der Waals surface area contributed by atoms with E-state index >= 15 is 0 Å². The van der Waals surface area contributed by atoms with Crippen LogP contribution in [0.5, 0.6) is 11.5 Å². The lowest BCUT2D eigenvalue weighted by atomic mass is 9.84. The summed E-state index contributed by atoms with van der Waals surface area (Å²) in [6, 6.07) is 14.5. The average Bonchev–Trinajstić information content (AvgIpc) is 2.71. The predicted molar refractivity (Wildman–Crippen MR) is 100 cm³/mol. The van der Waals surface area contributed by atoms with Gasteiger partial charge in [-0.25, -0.2) is 9.59 Å². The van der Waals surface area contributed by atoms with Gasteiger partial charge in [0.15, 0.2) is 11.6 Å². The van der Waals surface area contributed by atoms with Crippen LogP contribution in [0.25, 0.3) is 0 Å². The summed E-state index contributed by atoms with van der Waals surface area (Å²) in [7, 11) is 0. The highest BCUT2D eigenvalue weighted by Gasteiger charge is 2.29. The summed E-state index contributed by atoms with van der Waals surface area (Å²) >= 11 is 0. The number of fused-ring (bicyclic) bond motifs is 2. The number of carboxylic acid groups (broad SMARTS) is 2. The second kappa shape index (κ2) is 6.72. The molecule has 0 amide bonds. The average molecular weight is 388 g/mol. The minimum Gasteiger partial charge on any atom is -0.478 e. The summed E-state index contributed by atoms with van der Waals surface area (Å²) < 4.78 is 5.62. The van der Waals surface area contributed by atoms with Gasteiger partial charge in [-0.3, -0.25) is 9.59 Å². The van der Waals surface area contributed by atoms with E-state index in [1.54, 1.807) is 24.3 Å². The highest BCUT2D eigenvalue weighted by molar-refractivity contribution is 6.28. The summed E-state index contributed by atoms with van der Waals surface area (Å²) in [5.41, 5.74) is 0.302. The Morgan fingerprint density at radius 1 is 0.621 bits per heavy atom. The Labute approximate surface area is 163 Å². The second-order valence-corrected chi connectivity index (χ2v) is 6.33. The van der Waals surface area contributed by atoms with Crippen molar-refractivity contribution in [1.82, 2.24) is 0 Å². The fraction of sp³-hybridized carbons (Fsp3) is 0. The van der Waals surface area contributed by atoms with Crippen LogP contribution in [0, 0.1) is 0 Å². The number of ether oxygens (including phenoxy) is 1. The first-order valence-electron chi connectivity index (χ1n) is 8.48. The maximum Gasteiger partial charge on any atom is 0.336 e. The highest BCUT2D eigenvalue weighted by atomic mass is 16.5. The van der Waals surface area contributed by atoms with E-state index in [2.05, 4.69) is 0 Å². The van der Waals surface area contributed by atoms with Gasteiger partial charge in [-0.15, -0.1) is 0 Å². The molecule has 0 bridgehead atoms. The molecule has 29 heavy (non-hydrogen) atoms. The largest absolute Gasteiger partial charge is 0.478 e. The van der Waals surface area contributed by atoms with Crippen molar-refractivity contribution in [2.24, 2.45) is 0 Å². The van der Waals surface area contributed by atoms with Crippen LogP contribution in [0.15, 0.2) is 60.7 Å². The zero-order valence-electron chi connectivity index (χ0n) is 14.7. The molecule has 7 heteroatoms. The maximum atomic E-state index is 12.8. The molecule has 0 atom stereocenters. The number of carbonyl (C=O) groups excluding carboxylic acids is 2. The number of carboxylic acids is 2. The minimum absolute atomic E-state index is 0.0855. The van der Waals surface area contributed by atoms with Crippen LogP contribution in [0.4, 0.5) is 0 Å². The molecule has 7 nitrogen and oxygen atoms in total. The fourth-order valence-corrected chi connectivity index (χ4v) is 3.23. The zero-order chi connectivity index (χ0) is 20.7. The molecule has 142 valence electrons. The normalized spacial score (nSPS) is 12.1. The molecule has 0 unspecified atom stereocenters. The van der Waals surface area contributed by atoms with Crippen molar-refractivity contribution >= 4 is 23.5 Å². The molecule has 0 spiro atoms. The van der Waals surface area contributed by atoms with Gasteiger partial charge in [0.25, 0.3) is 0 Å². The van der Waals surface area contributed by atoms with Crippen LogP contribution in [0.3, 0.4) is 0 Å². The molecule has 4 rings (SSSR count). The summed E-state index contributed by atoms with van der Waals surface area (Å²) in [6.07, 6.45) is 0. The van der Waals surface area contributed by atoms with Gasteiger partial charge in [0.05, 0.1) is 11.1 Å². The molecule has 0 saturated heterocycles. The molecule has 0 aromatic heterocycles. The standard InChI is InChI=1S/C22H12O7/c23-19-13-3-1-2-4-14(13)20(24)17-9-11(5-7-15(17)19)29-12-6-8-16(21(25)26)18(10-12)22(27)28/h1-10H,(H,25,26)(H,27,28). The monoisotopic (exact) mass is 388 g/mol. The Morgan fingerprint density at radius 3 is 1.76 bits per heavy atom. The Hall–Kier alpha value is -4.26. The topological polar surface area (TPSA) is 118 Å². The number of benzene rings is 3. The predicted octanol–water partition coefficient (Wildman–Crippen LogP) is 3.65. The first-order valence-corrected chi connectivity index (χ1v) is 8.48. The highest BCUT2D eigenvalue weighted by Crippen LogP contribution is 2.32. The summed E-state index contributed by atoms with van der Waals surface area (Å²) in [5.74, 6) is -3.05. The summed E-state index contributed by atoms with van der Waals surface area (Å²) in [5, 5.41) is 18.3. The number of rotatable bonds is 4. The van der Waals surface area contributed by atoms with Crippen molar-refractivity contribution < 1.29 is 34.1 Å². The van der Waals surface area contributed by atoms with E-state index in [-0.39, 0.29) is 39.8 Å². The van der Waals surface area contributed by atoms with E-state index in [1.807, 2.05) is 0 Å². The van der Waals surface area contributed by atoms with Crippen molar-refractivity contribution in [2.45, 2.75) is 0 Å². The molecule has 0 fully saturated rings. The first kappa shape index (κ1) is 18.1. The Balaban J connectivity index is 1.71. The Morgan fingerprint density at radius 2 is 1.14 bits per heavy atom. The molecule has 0 saturated carbocycles. The Bertz CT molecular complexity index is 1220. The molecular weight excluding hydrogens is 376 g/mol.